The van der Waals surface area contributed by atoms with Crippen LogP contribution < -0.4 is 0 Å². The standard InChI is InChI=1S/C16H11NO4/c1-9(17(20)21)10-6-7-13-14(8-10)16(19)12-5-3-2-4-11(12)15(13)18/h2-9H,1H3. The van der Waals surface area contributed by atoms with Crippen LogP contribution >= 0.6 is 0 Å². The summed E-state index contributed by atoms with van der Waals surface area (Å²) in [4.78, 5) is 35.3. The average molecular weight is 281 g/mol. The number of hydrogen-bond acceptors (Lipinski definition) is 4. The normalized spacial score (nSPS) is 14.3. The molecule has 0 fully saturated rings. The summed E-state index contributed by atoms with van der Waals surface area (Å²) in [5.41, 5.74) is 1.69. The van der Waals surface area contributed by atoms with Gasteiger partial charge in [0.05, 0.1) is 0 Å². The van der Waals surface area contributed by atoms with E-state index in [1.165, 1.54) is 25.1 Å². The van der Waals surface area contributed by atoms with Gasteiger partial charge in [-0.25, -0.2) is 0 Å². The highest BCUT2D eigenvalue weighted by Gasteiger charge is 2.30. The number of benzene rings is 2. The minimum absolute atomic E-state index is 0.222. The van der Waals surface area contributed by atoms with Crippen molar-refractivity contribution >= 4 is 11.6 Å². The lowest BCUT2D eigenvalue weighted by molar-refractivity contribution is -0.524. The van der Waals surface area contributed by atoms with Crippen LogP contribution in [0.15, 0.2) is 42.5 Å². The van der Waals surface area contributed by atoms with Crippen LogP contribution in [0.3, 0.4) is 0 Å². The highest BCUT2D eigenvalue weighted by Crippen LogP contribution is 2.29. The first-order valence-electron chi connectivity index (χ1n) is 6.46. The molecular formula is C16H11NO4. The highest BCUT2D eigenvalue weighted by molar-refractivity contribution is 6.28. The zero-order valence-corrected chi connectivity index (χ0v) is 11.2. The summed E-state index contributed by atoms with van der Waals surface area (Å²) in [6.45, 7) is 1.45. The number of hydrogen-bond donors (Lipinski definition) is 0. The van der Waals surface area contributed by atoms with Gasteiger partial charge in [-0.3, -0.25) is 19.7 Å². The number of nitrogens with zero attached hydrogens (tertiary/aromatic N) is 1. The molecule has 21 heavy (non-hydrogen) atoms. The van der Waals surface area contributed by atoms with Gasteiger partial charge in [0.15, 0.2) is 11.6 Å². The fraction of sp³-hybridized carbons (Fsp3) is 0.125. The Bertz CT molecular complexity index is 795. The van der Waals surface area contributed by atoms with Gasteiger partial charge in [-0.1, -0.05) is 30.3 Å². The van der Waals surface area contributed by atoms with E-state index in [4.69, 9.17) is 0 Å². The molecule has 3 rings (SSSR count). The second-order valence-corrected chi connectivity index (χ2v) is 4.97. The van der Waals surface area contributed by atoms with E-state index in [2.05, 4.69) is 0 Å². The zero-order valence-electron chi connectivity index (χ0n) is 11.2. The summed E-state index contributed by atoms with van der Waals surface area (Å²) in [5.74, 6) is -0.488. The Morgan fingerprint density at radius 3 is 2.00 bits per heavy atom. The molecule has 0 aromatic heterocycles. The molecule has 2 aromatic carbocycles. The average Bonchev–Trinajstić information content (AvgIpc) is 2.51. The molecule has 1 unspecified atom stereocenters. The van der Waals surface area contributed by atoms with E-state index in [1.54, 1.807) is 24.3 Å². The molecule has 2 aromatic rings. The van der Waals surface area contributed by atoms with Crippen molar-refractivity contribution in [1.29, 1.82) is 0 Å². The number of nitro groups is 1. The molecule has 0 bridgehead atoms. The number of fused-ring (bicyclic) bond motifs is 2. The van der Waals surface area contributed by atoms with E-state index in [0.29, 0.717) is 22.3 Å². The lowest BCUT2D eigenvalue weighted by Crippen LogP contribution is -2.21. The van der Waals surface area contributed by atoms with Crippen molar-refractivity contribution in [3.05, 3.63) is 80.4 Å². The number of carbonyl (C=O) groups is 2. The van der Waals surface area contributed by atoms with Crippen LogP contribution in [0.5, 0.6) is 0 Å². The fourth-order valence-electron chi connectivity index (χ4n) is 2.50. The number of rotatable bonds is 2. The van der Waals surface area contributed by atoms with Gasteiger partial charge in [0.2, 0.25) is 6.04 Å². The van der Waals surface area contributed by atoms with Crippen molar-refractivity contribution in [2.24, 2.45) is 0 Å². The Hall–Kier alpha value is -2.82. The van der Waals surface area contributed by atoms with Gasteiger partial charge in [0, 0.05) is 39.7 Å². The molecule has 0 heterocycles. The smallest absolute Gasteiger partial charge is 0.235 e. The quantitative estimate of drug-likeness (QED) is 0.534. The Morgan fingerprint density at radius 2 is 1.43 bits per heavy atom. The lowest BCUT2D eigenvalue weighted by atomic mass is 9.83. The molecule has 1 atom stereocenters. The van der Waals surface area contributed by atoms with Gasteiger partial charge in [0.25, 0.3) is 0 Å². The summed E-state index contributed by atoms with van der Waals surface area (Å²) >= 11 is 0. The molecule has 0 saturated carbocycles. The van der Waals surface area contributed by atoms with Crippen LogP contribution in [0.4, 0.5) is 0 Å². The molecule has 5 nitrogen and oxygen atoms in total. The summed E-state index contributed by atoms with van der Waals surface area (Å²) in [7, 11) is 0. The summed E-state index contributed by atoms with van der Waals surface area (Å²) < 4.78 is 0. The first-order chi connectivity index (χ1) is 10.0. The minimum Gasteiger partial charge on any atom is -0.289 e. The molecule has 0 saturated heterocycles. The maximum absolute atomic E-state index is 12.5. The third-order valence-electron chi connectivity index (χ3n) is 3.75. The third kappa shape index (κ3) is 1.94. The van der Waals surface area contributed by atoms with Crippen LogP contribution in [0.25, 0.3) is 0 Å². The molecule has 0 spiro atoms. The summed E-state index contributed by atoms with van der Waals surface area (Å²) in [6, 6.07) is 10.2. The van der Waals surface area contributed by atoms with Crippen molar-refractivity contribution in [2.75, 3.05) is 0 Å². The van der Waals surface area contributed by atoms with Gasteiger partial charge < -0.3 is 0 Å². The third-order valence-corrected chi connectivity index (χ3v) is 3.75. The predicted octanol–water partition coefficient (Wildman–Crippen LogP) is 2.80. The van der Waals surface area contributed by atoms with Crippen LogP contribution in [-0.4, -0.2) is 16.5 Å². The van der Waals surface area contributed by atoms with Crippen molar-refractivity contribution in [2.45, 2.75) is 13.0 Å². The SMILES string of the molecule is CC(c1ccc2c(c1)C(=O)c1ccccc1C2=O)[N+](=O)[O-]. The van der Waals surface area contributed by atoms with E-state index >= 15 is 0 Å². The zero-order chi connectivity index (χ0) is 15.1. The fourth-order valence-corrected chi connectivity index (χ4v) is 2.50. The monoisotopic (exact) mass is 281 g/mol. The number of carbonyl (C=O) groups excluding carboxylic acids is 2. The molecule has 1 aliphatic rings. The Kier molecular flexibility index (Phi) is 2.90. The Morgan fingerprint density at radius 1 is 0.905 bits per heavy atom. The molecule has 0 N–H and O–H groups in total. The molecule has 5 heteroatoms. The topological polar surface area (TPSA) is 77.3 Å². The molecule has 104 valence electrons. The van der Waals surface area contributed by atoms with Crippen molar-refractivity contribution < 1.29 is 14.5 Å². The van der Waals surface area contributed by atoms with Gasteiger partial charge in [-0.2, -0.15) is 0 Å². The van der Waals surface area contributed by atoms with Crippen LogP contribution in [0.2, 0.25) is 0 Å². The van der Waals surface area contributed by atoms with E-state index in [0.717, 1.165) is 0 Å². The molecule has 1 aliphatic carbocycles. The molecular weight excluding hydrogens is 270 g/mol. The molecule has 0 aliphatic heterocycles. The largest absolute Gasteiger partial charge is 0.289 e. The lowest BCUT2D eigenvalue weighted by Gasteiger charge is -2.18. The van der Waals surface area contributed by atoms with E-state index in [-0.39, 0.29) is 17.1 Å². The molecule has 0 amide bonds. The van der Waals surface area contributed by atoms with Crippen LogP contribution in [0.1, 0.15) is 50.4 Å². The molecule has 0 radical (unpaired) electrons. The summed E-state index contributed by atoms with van der Waals surface area (Å²) in [6.07, 6.45) is 0. The van der Waals surface area contributed by atoms with Crippen LogP contribution in [0, 0.1) is 10.1 Å². The van der Waals surface area contributed by atoms with Crippen molar-refractivity contribution in [3.8, 4) is 0 Å². The maximum atomic E-state index is 12.5. The van der Waals surface area contributed by atoms with E-state index in [1.807, 2.05) is 0 Å². The minimum atomic E-state index is -0.921. The van der Waals surface area contributed by atoms with Gasteiger partial charge in [0.1, 0.15) is 0 Å². The van der Waals surface area contributed by atoms with Gasteiger partial charge >= 0.3 is 0 Å². The summed E-state index contributed by atoms with van der Waals surface area (Å²) in [5, 5.41) is 10.9. The Labute approximate surface area is 120 Å². The first kappa shape index (κ1) is 13.2. The second-order valence-electron chi connectivity index (χ2n) is 4.97. The Balaban J connectivity index is 2.17. The van der Waals surface area contributed by atoms with E-state index < -0.39 is 11.0 Å². The second kappa shape index (κ2) is 4.63. The van der Waals surface area contributed by atoms with Crippen molar-refractivity contribution in [1.82, 2.24) is 0 Å². The maximum Gasteiger partial charge on any atom is 0.235 e. The van der Waals surface area contributed by atoms with Gasteiger partial charge in [-0.15, -0.1) is 0 Å². The van der Waals surface area contributed by atoms with Crippen molar-refractivity contribution in [3.63, 3.8) is 0 Å². The highest BCUT2D eigenvalue weighted by atomic mass is 16.6. The number of ketones is 2. The predicted molar refractivity (Wildman–Crippen MR) is 75.2 cm³/mol. The first-order valence-corrected chi connectivity index (χ1v) is 6.46. The van der Waals surface area contributed by atoms with Crippen LogP contribution in [-0.2, 0) is 0 Å². The van der Waals surface area contributed by atoms with Gasteiger partial charge in [-0.05, 0) is 12.1 Å². The van der Waals surface area contributed by atoms with E-state index in [9.17, 15) is 19.7 Å².